The van der Waals surface area contributed by atoms with Gasteiger partial charge in [-0.05, 0) is 18.6 Å². The largest absolute Gasteiger partial charge is 0.374 e. The van der Waals surface area contributed by atoms with Gasteiger partial charge in [0.05, 0.1) is 23.3 Å². The quantitative estimate of drug-likeness (QED) is 0.894. The third kappa shape index (κ3) is 2.36. The summed E-state index contributed by atoms with van der Waals surface area (Å²) in [7, 11) is 0. The first kappa shape index (κ1) is 13.6. The molecule has 2 aromatic rings. The number of para-hydroxylation sites is 1. The minimum atomic E-state index is 0.340. The molecule has 0 radical (unpaired) electrons. The molecule has 0 saturated carbocycles. The van der Waals surface area contributed by atoms with Crippen LogP contribution >= 0.6 is 11.6 Å². The first-order valence-electron chi connectivity index (χ1n) is 7.55. The highest BCUT2D eigenvalue weighted by atomic mass is 35.5. The number of ether oxygens (including phenoxy) is 1. The summed E-state index contributed by atoms with van der Waals surface area (Å²) in [5.74, 6) is 0. The number of halogens is 1. The van der Waals surface area contributed by atoms with Crippen molar-refractivity contribution in [3.05, 3.63) is 34.5 Å². The Morgan fingerprint density at radius 2 is 2.29 bits per heavy atom. The molecule has 2 saturated heterocycles. The van der Waals surface area contributed by atoms with Crippen molar-refractivity contribution < 1.29 is 4.74 Å². The van der Waals surface area contributed by atoms with Crippen molar-refractivity contribution in [2.75, 3.05) is 26.2 Å². The summed E-state index contributed by atoms with van der Waals surface area (Å²) in [6, 6.07) is 6.56. The van der Waals surface area contributed by atoms with Crippen LogP contribution in [0.4, 0.5) is 0 Å². The van der Waals surface area contributed by atoms with Gasteiger partial charge in [-0.1, -0.05) is 23.7 Å². The molecule has 1 aromatic heterocycles. The van der Waals surface area contributed by atoms with Gasteiger partial charge in [-0.15, -0.1) is 0 Å². The van der Waals surface area contributed by atoms with E-state index >= 15 is 0 Å². The molecule has 4 rings (SSSR count). The Kier molecular flexibility index (Phi) is 3.42. The molecule has 0 aliphatic carbocycles. The molecular weight excluding hydrogens is 286 g/mol. The number of hydrogen-bond donors (Lipinski definition) is 2. The number of benzene rings is 1. The number of aromatic nitrogens is 1. The third-order valence-electron chi connectivity index (χ3n) is 4.71. The first-order valence-corrected chi connectivity index (χ1v) is 7.93. The zero-order valence-electron chi connectivity index (χ0n) is 12.2. The van der Waals surface area contributed by atoms with Gasteiger partial charge in [0.1, 0.15) is 0 Å². The highest BCUT2D eigenvalue weighted by Crippen LogP contribution is 2.29. The number of H-pyrrole nitrogens is 1. The van der Waals surface area contributed by atoms with E-state index < -0.39 is 0 Å². The van der Waals surface area contributed by atoms with Crippen LogP contribution in [0, 0.1) is 6.92 Å². The van der Waals surface area contributed by atoms with Gasteiger partial charge in [0.15, 0.2) is 0 Å². The average molecular weight is 306 g/mol. The molecule has 0 amide bonds. The summed E-state index contributed by atoms with van der Waals surface area (Å²) in [5, 5.41) is 5.57. The van der Waals surface area contributed by atoms with Crippen LogP contribution in [0.2, 0.25) is 5.02 Å². The van der Waals surface area contributed by atoms with Crippen LogP contribution in [0.25, 0.3) is 10.9 Å². The van der Waals surface area contributed by atoms with Gasteiger partial charge < -0.3 is 15.0 Å². The van der Waals surface area contributed by atoms with E-state index in [4.69, 9.17) is 16.3 Å². The Balaban J connectivity index is 1.57. The summed E-state index contributed by atoms with van der Waals surface area (Å²) < 4.78 is 5.84. The number of rotatable bonds is 2. The van der Waals surface area contributed by atoms with Gasteiger partial charge in [-0.3, -0.25) is 4.90 Å². The molecule has 0 bridgehead atoms. The predicted octanol–water partition coefficient (Wildman–Crippen LogP) is 2.30. The van der Waals surface area contributed by atoms with Gasteiger partial charge in [0.25, 0.3) is 0 Å². The fraction of sp³-hybridized carbons (Fsp3) is 0.500. The summed E-state index contributed by atoms with van der Waals surface area (Å²) in [6.45, 7) is 6.94. The smallest absolute Gasteiger partial charge is 0.0867 e. The predicted molar refractivity (Wildman–Crippen MR) is 84.9 cm³/mol. The molecule has 2 aliphatic heterocycles. The minimum absolute atomic E-state index is 0.340. The molecule has 2 N–H and O–H groups in total. The molecule has 1 aromatic carbocycles. The second-order valence-electron chi connectivity index (χ2n) is 6.05. The number of nitrogens with zero attached hydrogens (tertiary/aromatic N) is 1. The van der Waals surface area contributed by atoms with Crippen LogP contribution in [0.15, 0.2) is 18.2 Å². The fourth-order valence-electron chi connectivity index (χ4n) is 3.55. The van der Waals surface area contributed by atoms with E-state index in [1.807, 2.05) is 12.1 Å². The molecule has 4 nitrogen and oxygen atoms in total. The van der Waals surface area contributed by atoms with Gasteiger partial charge in [0.2, 0.25) is 0 Å². The number of aromatic amines is 1. The van der Waals surface area contributed by atoms with Crippen molar-refractivity contribution >= 4 is 22.5 Å². The van der Waals surface area contributed by atoms with Gasteiger partial charge in [0, 0.05) is 43.3 Å². The third-order valence-corrected chi connectivity index (χ3v) is 5.03. The van der Waals surface area contributed by atoms with E-state index in [0.29, 0.717) is 12.1 Å². The highest BCUT2D eigenvalue weighted by molar-refractivity contribution is 6.35. The first-order chi connectivity index (χ1) is 10.2. The normalized spacial score (nSPS) is 26.4. The summed E-state index contributed by atoms with van der Waals surface area (Å²) in [5.41, 5.74) is 3.62. The van der Waals surface area contributed by atoms with Crippen LogP contribution in [-0.4, -0.2) is 48.3 Å². The molecule has 2 aliphatic rings. The molecule has 2 atom stereocenters. The zero-order valence-corrected chi connectivity index (χ0v) is 12.9. The standard InChI is InChI=1S/C16H20ClN3O/c1-10-11-3-2-4-12(17)16(11)19-13(10)7-20-8-14-15(9-20)21-6-5-18-14/h2-4,14-15,18-19H,5-9H2,1H3/t14-,15-/m0/s1. The molecule has 21 heavy (non-hydrogen) atoms. The minimum Gasteiger partial charge on any atom is -0.374 e. The number of fused-ring (bicyclic) bond motifs is 2. The lowest BCUT2D eigenvalue weighted by molar-refractivity contribution is 0.0175. The van der Waals surface area contributed by atoms with Crippen molar-refractivity contribution in [3.63, 3.8) is 0 Å². The second-order valence-corrected chi connectivity index (χ2v) is 6.46. The maximum absolute atomic E-state index is 6.28. The molecule has 112 valence electrons. The van der Waals surface area contributed by atoms with Crippen molar-refractivity contribution in [2.45, 2.75) is 25.6 Å². The lowest BCUT2D eigenvalue weighted by atomic mass is 10.1. The SMILES string of the molecule is Cc1c(CN2C[C@@H]3NCCO[C@H]3C2)[nH]c2c(Cl)cccc12. The molecule has 3 heterocycles. The Labute approximate surface area is 129 Å². The molecule has 0 unspecified atom stereocenters. The van der Waals surface area contributed by atoms with Crippen LogP contribution in [0.1, 0.15) is 11.3 Å². The Bertz CT molecular complexity index is 655. The number of aryl methyl sites for hydroxylation is 1. The van der Waals surface area contributed by atoms with Crippen molar-refractivity contribution in [1.29, 1.82) is 0 Å². The van der Waals surface area contributed by atoms with E-state index in [0.717, 1.165) is 43.3 Å². The van der Waals surface area contributed by atoms with Gasteiger partial charge in [-0.2, -0.15) is 0 Å². The summed E-state index contributed by atoms with van der Waals surface area (Å²) >= 11 is 6.28. The lowest BCUT2D eigenvalue weighted by Gasteiger charge is -2.25. The topological polar surface area (TPSA) is 40.3 Å². The number of nitrogens with one attached hydrogen (secondary N) is 2. The maximum atomic E-state index is 6.28. The fourth-order valence-corrected chi connectivity index (χ4v) is 3.77. The number of morpholine rings is 1. The van der Waals surface area contributed by atoms with Crippen molar-refractivity contribution in [3.8, 4) is 0 Å². The van der Waals surface area contributed by atoms with E-state index in [9.17, 15) is 0 Å². The maximum Gasteiger partial charge on any atom is 0.0867 e. The van der Waals surface area contributed by atoms with Crippen molar-refractivity contribution in [1.82, 2.24) is 15.2 Å². The van der Waals surface area contributed by atoms with Gasteiger partial charge >= 0.3 is 0 Å². The van der Waals surface area contributed by atoms with Crippen LogP contribution in [0.5, 0.6) is 0 Å². The Hall–Kier alpha value is -1.07. The monoisotopic (exact) mass is 305 g/mol. The number of likely N-dealkylation sites (tertiary alicyclic amines) is 1. The molecule has 2 fully saturated rings. The molecule has 5 heteroatoms. The zero-order chi connectivity index (χ0) is 14.4. The average Bonchev–Trinajstić information content (AvgIpc) is 3.03. The Morgan fingerprint density at radius 3 is 3.10 bits per heavy atom. The molecule has 0 spiro atoms. The highest BCUT2D eigenvalue weighted by Gasteiger charge is 2.35. The van der Waals surface area contributed by atoms with Gasteiger partial charge in [-0.25, -0.2) is 0 Å². The summed E-state index contributed by atoms with van der Waals surface area (Å²) in [6.07, 6.45) is 0.340. The second kappa shape index (κ2) is 5.29. The Morgan fingerprint density at radius 1 is 1.38 bits per heavy atom. The van der Waals surface area contributed by atoms with E-state index in [-0.39, 0.29) is 0 Å². The van der Waals surface area contributed by atoms with Crippen LogP contribution in [0.3, 0.4) is 0 Å². The van der Waals surface area contributed by atoms with E-state index in [1.165, 1.54) is 16.6 Å². The van der Waals surface area contributed by atoms with Crippen molar-refractivity contribution in [2.24, 2.45) is 0 Å². The number of hydrogen-bond acceptors (Lipinski definition) is 3. The molecular formula is C16H20ClN3O. The lowest BCUT2D eigenvalue weighted by Crippen LogP contribution is -2.47. The summed E-state index contributed by atoms with van der Waals surface area (Å²) in [4.78, 5) is 5.96. The van der Waals surface area contributed by atoms with E-state index in [2.05, 4.69) is 28.2 Å². The van der Waals surface area contributed by atoms with E-state index in [1.54, 1.807) is 0 Å². The van der Waals surface area contributed by atoms with Crippen LogP contribution < -0.4 is 5.32 Å². The van der Waals surface area contributed by atoms with Crippen LogP contribution in [-0.2, 0) is 11.3 Å².